The third kappa shape index (κ3) is 6.89. The van der Waals surface area contributed by atoms with Crippen LogP contribution in [0.25, 0.3) is 0 Å². The third-order valence-electron chi connectivity index (χ3n) is 6.39. The first-order valence-electron chi connectivity index (χ1n) is 9.95. The summed E-state index contributed by atoms with van der Waals surface area (Å²) < 4.78 is 0. The third-order valence-corrected chi connectivity index (χ3v) is 6.39. The van der Waals surface area contributed by atoms with Crippen LogP contribution in [0.5, 0.6) is 0 Å². The summed E-state index contributed by atoms with van der Waals surface area (Å²) in [5.41, 5.74) is 0. The van der Waals surface area contributed by atoms with Gasteiger partial charge in [-0.1, -0.05) is 6.92 Å². The van der Waals surface area contributed by atoms with E-state index in [-0.39, 0.29) is 24.8 Å². The largest absolute Gasteiger partial charge is 0.340 e. The fourth-order valence-electron chi connectivity index (χ4n) is 4.60. The monoisotopic (exact) mass is 393 g/mol. The van der Waals surface area contributed by atoms with Crippen LogP contribution in [0.4, 0.5) is 0 Å². The Labute approximate surface area is 166 Å². The highest BCUT2D eigenvalue weighted by molar-refractivity contribution is 5.85. The fraction of sp³-hybridized carbons (Fsp3) is 0.947. The topological polar surface area (TPSA) is 35.6 Å². The fourth-order valence-corrected chi connectivity index (χ4v) is 4.60. The van der Waals surface area contributed by atoms with Crippen molar-refractivity contribution in [1.29, 1.82) is 0 Å². The quantitative estimate of drug-likeness (QED) is 0.795. The number of rotatable bonds is 4. The van der Waals surface area contributed by atoms with E-state index in [1.165, 1.54) is 38.5 Å². The second-order valence-electron chi connectivity index (χ2n) is 8.06. The predicted octanol–water partition coefficient (Wildman–Crippen LogP) is 3.33. The van der Waals surface area contributed by atoms with Crippen molar-refractivity contribution in [2.24, 2.45) is 11.8 Å². The van der Waals surface area contributed by atoms with Crippen LogP contribution in [0.15, 0.2) is 0 Å². The van der Waals surface area contributed by atoms with Crippen LogP contribution in [0, 0.1) is 11.8 Å². The molecule has 2 saturated heterocycles. The Balaban J connectivity index is 0.00000156. The number of hydrogen-bond acceptors (Lipinski definition) is 3. The normalized spacial score (nSPS) is 28.8. The Morgan fingerprint density at radius 3 is 2.12 bits per heavy atom. The van der Waals surface area contributed by atoms with E-state index in [1.54, 1.807) is 0 Å². The lowest BCUT2D eigenvalue weighted by Gasteiger charge is -2.41. The molecule has 0 atom stereocenters. The molecule has 3 aliphatic rings. The molecule has 0 radical (unpaired) electrons. The van der Waals surface area contributed by atoms with Gasteiger partial charge in [0, 0.05) is 38.6 Å². The highest BCUT2D eigenvalue weighted by Crippen LogP contribution is 2.28. The maximum absolute atomic E-state index is 12.5. The Morgan fingerprint density at radius 1 is 0.920 bits per heavy atom. The molecule has 3 fully saturated rings. The zero-order chi connectivity index (χ0) is 16.1. The Kier molecular flexibility index (Phi) is 10.7. The smallest absolute Gasteiger partial charge is 0.222 e. The van der Waals surface area contributed by atoms with Crippen molar-refractivity contribution in [2.45, 2.75) is 64.3 Å². The van der Waals surface area contributed by atoms with Gasteiger partial charge in [0.25, 0.3) is 0 Å². The van der Waals surface area contributed by atoms with Gasteiger partial charge < -0.3 is 10.2 Å². The summed E-state index contributed by atoms with van der Waals surface area (Å²) in [6.45, 7) is 8.76. The summed E-state index contributed by atoms with van der Waals surface area (Å²) in [7, 11) is 0. The predicted molar refractivity (Wildman–Crippen MR) is 109 cm³/mol. The van der Waals surface area contributed by atoms with Crippen LogP contribution >= 0.6 is 24.8 Å². The van der Waals surface area contributed by atoms with Gasteiger partial charge in [-0.2, -0.15) is 0 Å². The molecule has 148 valence electrons. The molecule has 1 N–H and O–H groups in total. The number of halogens is 2. The average molecular weight is 394 g/mol. The van der Waals surface area contributed by atoms with Crippen molar-refractivity contribution in [1.82, 2.24) is 15.1 Å². The molecule has 2 aliphatic heterocycles. The molecule has 0 bridgehead atoms. The van der Waals surface area contributed by atoms with Crippen molar-refractivity contribution in [3.8, 4) is 0 Å². The van der Waals surface area contributed by atoms with Crippen LogP contribution in [-0.2, 0) is 4.79 Å². The van der Waals surface area contributed by atoms with Gasteiger partial charge in [0.2, 0.25) is 5.91 Å². The van der Waals surface area contributed by atoms with Crippen molar-refractivity contribution in [2.75, 3.05) is 39.3 Å². The van der Waals surface area contributed by atoms with E-state index < -0.39 is 0 Å². The number of piperidine rings is 1. The molecule has 25 heavy (non-hydrogen) atoms. The van der Waals surface area contributed by atoms with E-state index in [0.29, 0.717) is 5.91 Å². The van der Waals surface area contributed by atoms with Gasteiger partial charge >= 0.3 is 0 Å². The second kappa shape index (κ2) is 11.6. The molecule has 1 aliphatic carbocycles. The van der Waals surface area contributed by atoms with Gasteiger partial charge in [0.1, 0.15) is 0 Å². The molecule has 0 spiro atoms. The van der Waals surface area contributed by atoms with E-state index >= 15 is 0 Å². The van der Waals surface area contributed by atoms with Crippen LogP contribution in [0.1, 0.15) is 58.3 Å². The van der Waals surface area contributed by atoms with Crippen molar-refractivity contribution < 1.29 is 4.79 Å². The van der Waals surface area contributed by atoms with E-state index in [1.807, 2.05) is 0 Å². The number of carbonyl (C=O) groups is 1. The molecule has 0 aromatic carbocycles. The summed E-state index contributed by atoms with van der Waals surface area (Å²) >= 11 is 0. The molecule has 2 heterocycles. The van der Waals surface area contributed by atoms with Gasteiger partial charge in [-0.15, -0.1) is 24.8 Å². The SMILES string of the molecule is CC1CCC(N2CCN(C(=O)CCC3CCNCC3)CC2)CC1.Cl.Cl. The molecule has 0 aromatic heterocycles. The summed E-state index contributed by atoms with van der Waals surface area (Å²) in [5.74, 6) is 2.09. The summed E-state index contributed by atoms with van der Waals surface area (Å²) in [4.78, 5) is 17.2. The number of nitrogens with zero attached hydrogens (tertiary/aromatic N) is 2. The molecule has 4 nitrogen and oxygen atoms in total. The lowest BCUT2D eigenvalue weighted by molar-refractivity contribution is -0.133. The molecular weight excluding hydrogens is 357 g/mol. The van der Waals surface area contributed by atoms with Gasteiger partial charge in [0.15, 0.2) is 0 Å². The molecule has 1 saturated carbocycles. The number of carbonyl (C=O) groups excluding carboxylic acids is 1. The van der Waals surface area contributed by atoms with E-state index in [4.69, 9.17) is 0 Å². The molecule has 0 aromatic rings. The number of amides is 1. The van der Waals surface area contributed by atoms with Crippen molar-refractivity contribution in [3.05, 3.63) is 0 Å². The summed E-state index contributed by atoms with van der Waals surface area (Å²) in [6.07, 6.45) is 9.88. The molecule has 0 unspecified atom stereocenters. The van der Waals surface area contributed by atoms with E-state index in [9.17, 15) is 4.79 Å². The highest BCUT2D eigenvalue weighted by Gasteiger charge is 2.28. The Morgan fingerprint density at radius 2 is 1.52 bits per heavy atom. The van der Waals surface area contributed by atoms with Gasteiger partial charge in [-0.3, -0.25) is 9.69 Å². The minimum atomic E-state index is 0. The maximum atomic E-state index is 12.5. The van der Waals surface area contributed by atoms with Gasteiger partial charge in [-0.05, 0) is 69.9 Å². The minimum absolute atomic E-state index is 0. The first-order chi connectivity index (χ1) is 11.2. The van der Waals surface area contributed by atoms with E-state index in [2.05, 4.69) is 22.0 Å². The molecular formula is C19H37Cl2N3O. The van der Waals surface area contributed by atoms with Crippen molar-refractivity contribution >= 4 is 30.7 Å². The van der Waals surface area contributed by atoms with E-state index in [0.717, 1.165) is 70.0 Å². The second-order valence-corrected chi connectivity index (χ2v) is 8.06. The number of piperazine rings is 1. The Hall–Kier alpha value is -0.0300. The first-order valence-corrected chi connectivity index (χ1v) is 9.95. The van der Waals surface area contributed by atoms with Crippen LogP contribution in [-0.4, -0.2) is 61.0 Å². The Bertz CT molecular complexity index is 375. The molecule has 3 rings (SSSR count). The molecule has 1 amide bonds. The van der Waals surface area contributed by atoms with Crippen LogP contribution in [0.2, 0.25) is 0 Å². The average Bonchev–Trinajstić information content (AvgIpc) is 2.61. The van der Waals surface area contributed by atoms with Gasteiger partial charge in [-0.25, -0.2) is 0 Å². The zero-order valence-electron chi connectivity index (χ0n) is 15.8. The first kappa shape index (κ1) is 23.0. The number of nitrogens with one attached hydrogen (secondary N) is 1. The van der Waals surface area contributed by atoms with Gasteiger partial charge in [0.05, 0.1) is 0 Å². The lowest BCUT2D eigenvalue weighted by Crippen LogP contribution is -2.52. The maximum Gasteiger partial charge on any atom is 0.222 e. The lowest BCUT2D eigenvalue weighted by atomic mass is 9.86. The zero-order valence-corrected chi connectivity index (χ0v) is 17.4. The van der Waals surface area contributed by atoms with Crippen LogP contribution < -0.4 is 5.32 Å². The minimum Gasteiger partial charge on any atom is -0.340 e. The summed E-state index contributed by atoms with van der Waals surface area (Å²) in [6, 6.07) is 0.790. The molecule has 6 heteroatoms. The van der Waals surface area contributed by atoms with Crippen molar-refractivity contribution in [3.63, 3.8) is 0 Å². The standard InChI is InChI=1S/C19H35N3O.2ClH/c1-16-2-5-18(6-3-16)21-12-14-22(15-13-21)19(23)7-4-17-8-10-20-11-9-17;;/h16-18,20H,2-15H2,1H3;2*1H. The number of hydrogen-bond donors (Lipinski definition) is 1. The highest BCUT2D eigenvalue weighted by atomic mass is 35.5. The summed E-state index contributed by atoms with van der Waals surface area (Å²) in [5, 5.41) is 3.40. The van der Waals surface area contributed by atoms with Crippen LogP contribution in [0.3, 0.4) is 0 Å².